The molecule has 2 N–H and O–H groups in total. The van der Waals surface area contributed by atoms with Gasteiger partial charge < -0.3 is 20.1 Å². The third-order valence-corrected chi connectivity index (χ3v) is 3.74. The maximum absolute atomic E-state index is 12.8. The minimum atomic E-state index is -0.359. The quantitative estimate of drug-likeness (QED) is 0.870. The molecule has 1 fully saturated rings. The van der Waals surface area contributed by atoms with E-state index in [-0.39, 0.29) is 18.1 Å². The summed E-state index contributed by atoms with van der Waals surface area (Å²) in [5.74, 6) is 0.686. The molecule has 5 heteroatoms. The number of carbonyl (C=O) groups is 1. The monoisotopic (exact) mass is 292 g/mol. The highest BCUT2D eigenvalue weighted by atomic mass is 16.5. The molecule has 1 aromatic rings. The highest BCUT2D eigenvalue weighted by molar-refractivity contribution is 5.98. The molecule has 0 aromatic heterocycles. The lowest BCUT2D eigenvalue weighted by atomic mass is 10.1. The van der Waals surface area contributed by atoms with Crippen LogP contribution in [0.15, 0.2) is 24.3 Å². The normalized spacial score (nSPS) is 21.3. The molecule has 21 heavy (non-hydrogen) atoms. The first-order chi connectivity index (χ1) is 10.2. The fourth-order valence-electron chi connectivity index (χ4n) is 2.61. The predicted molar refractivity (Wildman–Crippen MR) is 82.6 cm³/mol. The van der Waals surface area contributed by atoms with Crippen molar-refractivity contribution in [2.75, 3.05) is 25.1 Å². The van der Waals surface area contributed by atoms with Crippen molar-refractivity contribution < 1.29 is 14.3 Å². The number of amides is 1. The van der Waals surface area contributed by atoms with Crippen LogP contribution in [0.3, 0.4) is 0 Å². The van der Waals surface area contributed by atoms with Gasteiger partial charge in [-0.3, -0.25) is 4.79 Å². The Balaban J connectivity index is 2.23. The van der Waals surface area contributed by atoms with Gasteiger partial charge in [-0.2, -0.15) is 0 Å². The third-order valence-electron chi connectivity index (χ3n) is 3.74. The smallest absolute Gasteiger partial charge is 0.256 e. The van der Waals surface area contributed by atoms with Crippen molar-refractivity contribution in [1.29, 1.82) is 0 Å². The van der Waals surface area contributed by atoms with E-state index in [1.807, 2.05) is 31.2 Å². The summed E-state index contributed by atoms with van der Waals surface area (Å²) in [5, 5.41) is 0. The summed E-state index contributed by atoms with van der Waals surface area (Å²) >= 11 is 0. The van der Waals surface area contributed by atoms with E-state index in [2.05, 4.69) is 0 Å². The van der Waals surface area contributed by atoms with Crippen molar-refractivity contribution in [3.63, 3.8) is 0 Å². The molecule has 1 aliphatic rings. The highest BCUT2D eigenvalue weighted by Crippen LogP contribution is 2.30. The molecule has 0 bridgehead atoms. The Morgan fingerprint density at radius 1 is 1.43 bits per heavy atom. The lowest BCUT2D eigenvalue weighted by molar-refractivity contribution is -0.129. The number of hydrogen-bond acceptors (Lipinski definition) is 4. The predicted octanol–water partition coefficient (Wildman–Crippen LogP) is 1.94. The van der Waals surface area contributed by atoms with Gasteiger partial charge in [0.15, 0.2) is 0 Å². The van der Waals surface area contributed by atoms with E-state index >= 15 is 0 Å². The van der Waals surface area contributed by atoms with Gasteiger partial charge in [0.25, 0.3) is 5.91 Å². The van der Waals surface area contributed by atoms with Crippen molar-refractivity contribution in [2.45, 2.75) is 38.4 Å². The van der Waals surface area contributed by atoms with E-state index < -0.39 is 0 Å². The fourth-order valence-corrected chi connectivity index (χ4v) is 2.61. The second-order valence-corrected chi connectivity index (χ2v) is 5.32. The molecule has 2 atom stereocenters. The van der Waals surface area contributed by atoms with Crippen LogP contribution >= 0.6 is 0 Å². The van der Waals surface area contributed by atoms with Gasteiger partial charge in [0, 0.05) is 6.54 Å². The molecular formula is C16H24N2O3. The number of methoxy groups -OCH3 is 1. The lowest BCUT2D eigenvalue weighted by Gasteiger charge is -2.27. The van der Waals surface area contributed by atoms with Gasteiger partial charge in [0.2, 0.25) is 0 Å². The zero-order chi connectivity index (χ0) is 15.2. The molecule has 0 spiro atoms. The molecule has 1 heterocycles. The molecule has 0 radical (unpaired) electrons. The van der Waals surface area contributed by atoms with E-state index in [1.54, 1.807) is 12.0 Å². The minimum Gasteiger partial charge on any atom is -0.495 e. The van der Waals surface area contributed by atoms with E-state index in [0.717, 1.165) is 24.9 Å². The van der Waals surface area contributed by atoms with E-state index in [0.29, 0.717) is 18.8 Å². The second kappa shape index (κ2) is 7.43. The number of ether oxygens (including phenoxy) is 2. The first-order valence-electron chi connectivity index (χ1n) is 7.47. The summed E-state index contributed by atoms with van der Waals surface area (Å²) in [5.41, 5.74) is 6.38. The number of para-hydroxylation sites is 2. The first kappa shape index (κ1) is 15.8. The molecule has 1 amide bonds. The summed E-state index contributed by atoms with van der Waals surface area (Å²) in [6.45, 7) is 3.12. The van der Waals surface area contributed by atoms with Crippen LogP contribution in [0.4, 0.5) is 5.69 Å². The number of hydrogen-bond donors (Lipinski definition) is 1. The number of benzene rings is 1. The van der Waals surface area contributed by atoms with Gasteiger partial charge >= 0.3 is 0 Å². The summed E-state index contributed by atoms with van der Waals surface area (Å²) in [7, 11) is 1.61. The van der Waals surface area contributed by atoms with Crippen LogP contribution in [0.25, 0.3) is 0 Å². The second-order valence-electron chi connectivity index (χ2n) is 5.32. The maximum Gasteiger partial charge on any atom is 0.256 e. The van der Waals surface area contributed by atoms with Crippen LogP contribution in [0.5, 0.6) is 5.75 Å². The van der Waals surface area contributed by atoms with E-state index in [9.17, 15) is 4.79 Å². The van der Waals surface area contributed by atoms with E-state index in [4.69, 9.17) is 15.2 Å². The first-order valence-corrected chi connectivity index (χ1v) is 7.47. The van der Waals surface area contributed by atoms with Crippen LogP contribution in [-0.2, 0) is 9.53 Å². The lowest BCUT2D eigenvalue weighted by Crippen LogP contribution is -2.40. The van der Waals surface area contributed by atoms with Gasteiger partial charge in [-0.05, 0) is 44.9 Å². The average molecular weight is 292 g/mol. The largest absolute Gasteiger partial charge is 0.495 e. The molecule has 5 nitrogen and oxygen atoms in total. The van der Waals surface area contributed by atoms with Crippen molar-refractivity contribution in [3.05, 3.63) is 24.3 Å². The van der Waals surface area contributed by atoms with Crippen molar-refractivity contribution >= 4 is 11.6 Å². The van der Waals surface area contributed by atoms with Crippen molar-refractivity contribution in [3.8, 4) is 5.75 Å². The Morgan fingerprint density at radius 3 is 2.81 bits per heavy atom. The van der Waals surface area contributed by atoms with Gasteiger partial charge in [-0.15, -0.1) is 0 Å². The molecular weight excluding hydrogens is 268 g/mol. The van der Waals surface area contributed by atoms with Crippen LogP contribution < -0.4 is 15.4 Å². The van der Waals surface area contributed by atoms with Gasteiger partial charge in [-0.25, -0.2) is 0 Å². The molecule has 2 rings (SSSR count). The number of anilines is 1. The molecule has 0 aliphatic carbocycles. The Hall–Kier alpha value is -1.59. The third kappa shape index (κ3) is 3.74. The van der Waals surface area contributed by atoms with Crippen molar-refractivity contribution in [1.82, 2.24) is 0 Å². The average Bonchev–Trinajstić information content (AvgIpc) is 2.94. The SMILES string of the molecule is COc1ccccc1N(CCCN)C(=O)C1CCC(C)O1. The van der Waals surface area contributed by atoms with Crippen LogP contribution in [0.2, 0.25) is 0 Å². The number of rotatable bonds is 6. The Labute approximate surface area is 126 Å². The Kier molecular flexibility index (Phi) is 5.59. The standard InChI is InChI=1S/C16H24N2O3/c1-12-8-9-15(21-12)16(19)18(11-5-10-17)13-6-3-4-7-14(13)20-2/h3-4,6-7,12,15H,5,8-11,17H2,1-2H3. The topological polar surface area (TPSA) is 64.8 Å². The number of carbonyl (C=O) groups excluding carboxylic acids is 1. The fraction of sp³-hybridized carbons (Fsp3) is 0.562. The zero-order valence-corrected chi connectivity index (χ0v) is 12.7. The Bertz CT molecular complexity index is 478. The van der Waals surface area contributed by atoms with Crippen LogP contribution in [-0.4, -0.2) is 38.3 Å². The Morgan fingerprint density at radius 2 is 2.19 bits per heavy atom. The molecule has 0 saturated carbocycles. The summed E-state index contributed by atoms with van der Waals surface area (Å²) in [6, 6.07) is 7.54. The highest BCUT2D eigenvalue weighted by Gasteiger charge is 2.32. The van der Waals surface area contributed by atoms with Gasteiger partial charge in [0.1, 0.15) is 11.9 Å². The van der Waals surface area contributed by atoms with Crippen LogP contribution in [0, 0.1) is 0 Å². The number of nitrogens with zero attached hydrogens (tertiary/aromatic N) is 1. The summed E-state index contributed by atoms with van der Waals surface area (Å²) in [6.07, 6.45) is 2.23. The molecule has 116 valence electrons. The molecule has 1 aliphatic heterocycles. The van der Waals surface area contributed by atoms with Gasteiger partial charge in [-0.1, -0.05) is 12.1 Å². The molecule has 2 unspecified atom stereocenters. The van der Waals surface area contributed by atoms with Gasteiger partial charge in [0.05, 0.1) is 18.9 Å². The summed E-state index contributed by atoms with van der Waals surface area (Å²) < 4.78 is 11.1. The summed E-state index contributed by atoms with van der Waals surface area (Å²) in [4.78, 5) is 14.5. The van der Waals surface area contributed by atoms with Crippen LogP contribution in [0.1, 0.15) is 26.2 Å². The maximum atomic E-state index is 12.8. The van der Waals surface area contributed by atoms with E-state index in [1.165, 1.54) is 0 Å². The number of nitrogens with two attached hydrogens (primary N) is 1. The molecule has 1 saturated heterocycles. The zero-order valence-electron chi connectivity index (χ0n) is 12.7. The van der Waals surface area contributed by atoms with Crippen molar-refractivity contribution in [2.24, 2.45) is 5.73 Å². The molecule has 1 aromatic carbocycles. The minimum absolute atomic E-state index is 0.00250.